The number of hydrogen-bond donors (Lipinski definition) is 2. The summed E-state index contributed by atoms with van der Waals surface area (Å²) >= 11 is 0. The van der Waals surface area contributed by atoms with E-state index < -0.39 is 11.7 Å². The zero-order valence-corrected chi connectivity index (χ0v) is 15.6. The van der Waals surface area contributed by atoms with Crippen molar-refractivity contribution in [3.05, 3.63) is 0 Å². The second kappa shape index (κ2) is 7.72. The van der Waals surface area contributed by atoms with E-state index in [1.165, 1.54) is 6.42 Å². The molecule has 1 heterocycles. The number of amides is 2. The van der Waals surface area contributed by atoms with Crippen LogP contribution in [0.4, 0.5) is 4.79 Å². The zero-order chi connectivity index (χ0) is 17.8. The van der Waals surface area contributed by atoms with Crippen molar-refractivity contribution in [3.63, 3.8) is 0 Å². The van der Waals surface area contributed by atoms with Crippen molar-refractivity contribution in [3.8, 4) is 0 Å². The van der Waals surface area contributed by atoms with Crippen molar-refractivity contribution in [2.24, 2.45) is 5.92 Å². The van der Waals surface area contributed by atoms with Crippen LogP contribution in [0.5, 0.6) is 0 Å². The molecule has 0 radical (unpaired) electrons. The molecular weight excluding hydrogens is 306 g/mol. The van der Waals surface area contributed by atoms with E-state index in [2.05, 4.69) is 17.6 Å². The first-order valence-corrected chi connectivity index (χ1v) is 9.21. The molecule has 0 aromatic rings. The van der Waals surface area contributed by atoms with Crippen LogP contribution in [0, 0.1) is 5.92 Å². The first kappa shape index (κ1) is 19.0. The smallest absolute Gasteiger partial charge is 0.407 e. The van der Waals surface area contributed by atoms with Crippen LogP contribution in [0.15, 0.2) is 0 Å². The second-order valence-corrected chi connectivity index (χ2v) is 8.25. The summed E-state index contributed by atoms with van der Waals surface area (Å²) in [6.45, 7) is 10.4. The maximum atomic E-state index is 12.2. The van der Waals surface area contributed by atoms with Gasteiger partial charge in [0, 0.05) is 25.2 Å². The van der Waals surface area contributed by atoms with Crippen LogP contribution in [0.3, 0.4) is 0 Å². The molecule has 6 nitrogen and oxygen atoms in total. The van der Waals surface area contributed by atoms with Crippen molar-refractivity contribution in [2.75, 3.05) is 26.2 Å². The molecule has 0 unspecified atom stereocenters. The lowest BCUT2D eigenvalue weighted by Gasteiger charge is -2.44. The fraction of sp³-hybridized carbons (Fsp3) is 0.889. The molecule has 24 heavy (non-hydrogen) atoms. The molecule has 0 aromatic heterocycles. The Morgan fingerprint density at radius 2 is 1.92 bits per heavy atom. The number of carbonyl (C=O) groups excluding carboxylic acids is 2. The molecule has 2 amide bonds. The number of hydrogen-bond acceptors (Lipinski definition) is 4. The van der Waals surface area contributed by atoms with Gasteiger partial charge in [-0.2, -0.15) is 0 Å². The lowest BCUT2D eigenvalue weighted by Crippen LogP contribution is -2.61. The Kier molecular flexibility index (Phi) is 6.12. The Hall–Kier alpha value is -1.30. The highest BCUT2D eigenvalue weighted by Gasteiger charge is 2.39. The number of ether oxygens (including phenoxy) is 1. The summed E-state index contributed by atoms with van der Waals surface area (Å²) in [5, 5.41) is 6.40. The van der Waals surface area contributed by atoms with E-state index in [1.807, 2.05) is 25.7 Å². The molecular formula is C18H33N3O3. The van der Waals surface area contributed by atoms with Gasteiger partial charge in [-0.15, -0.1) is 0 Å². The highest BCUT2D eigenvalue weighted by atomic mass is 16.6. The van der Waals surface area contributed by atoms with Gasteiger partial charge in [-0.05, 0) is 46.0 Å². The Bertz CT molecular complexity index is 457. The van der Waals surface area contributed by atoms with Crippen LogP contribution in [0.25, 0.3) is 0 Å². The summed E-state index contributed by atoms with van der Waals surface area (Å²) in [4.78, 5) is 26.1. The minimum atomic E-state index is -0.504. The summed E-state index contributed by atoms with van der Waals surface area (Å²) in [5.41, 5.74) is -0.730. The number of likely N-dealkylation sites (tertiary alicyclic amines) is 1. The van der Waals surface area contributed by atoms with Crippen molar-refractivity contribution >= 4 is 12.0 Å². The standard InChI is InChI=1S/C18H33N3O3/c1-14-8-5-6-9-18(14,13-19-16(23)24-17(2,3)4)20-12-15(22)21-10-7-11-21/h14,20H,5-13H2,1-4H3,(H,19,23)/t14-,18-/m0/s1. The molecule has 0 bridgehead atoms. The molecule has 0 aromatic carbocycles. The predicted octanol–water partition coefficient (Wildman–Crippen LogP) is 2.28. The van der Waals surface area contributed by atoms with Gasteiger partial charge in [0.05, 0.1) is 6.54 Å². The molecule has 2 atom stereocenters. The Morgan fingerprint density at radius 1 is 1.21 bits per heavy atom. The minimum Gasteiger partial charge on any atom is -0.444 e. The zero-order valence-electron chi connectivity index (χ0n) is 15.6. The van der Waals surface area contributed by atoms with E-state index in [0.717, 1.165) is 38.8 Å². The number of alkyl carbamates (subject to hydrolysis) is 1. The van der Waals surface area contributed by atoms with Crippen molar-refractivity contribution in [1.82, 2.24) is 15.5 Å². The van der Waals surface area contributed by atoms with Gasteiger partial charge in [-0.1, -0.05) is 19.8 Å². The lowest BCUT2D eigenvalue weighted by molar-refractivity contribution is -0.134. The second-order valence-electron chi connectivity index (χ2n) is 8.25. The van der Waals surface area contributed by atoms with Gasteiger partial charge < -0.3 is 20.3 Å². The third kappa shape index (κ3) is 5.10. The van der Waals surface area contributed by atoms with Gasteiger partial charge in [0.25, 0.3) is 0 Å². The molecule has 1 saturated carbocycles. The Morgan fingerprint density at radius 3 is 2.46 bits per heavy atom. The van der Waals surface area contributed by atoms with Crippen molar-refractivity contribution < 1.29 is 14.3 Å². The first-order chi connectivity index (χ1) is 11.2. The van der Waals surface area contributed by atoms with Crippen molar-refractivity contribution in [2.45, 2.75) is 70.9 Å². The summed E-state index contributed by atoms with van der Waals surface area (Å²) in [6, 6.07) is 0. The molecule has 2 rings (SSSR count). The van der Waals surface area contributed by atoms with Gasteiger partial charge in [0.15, 0.2) is 0 Å². The molecule has 2 fully saturated rings. The van der Waals surface area contributed by atoms with E-state index in [4.69, 9.17) is 4.74 Å². The molecule has 1 aliphatic heterocycles. The molecule has 0 spiro atoms. The highest BCUT2D eigenvalue weighted by Crippen LogP contribution is 2.33. The minimum absolute atomic E-state index is 0.163. The summed E-state index contributed by atoms with van der Waals surface area (Å²) in [7, 11) is 0. The average Bonchev–Trinajstić information content (AvgIpc) is 2.42. The van der Waals surface area contributed by atoms with Gasteiger partial charge in [0.2, 0.25) is 5.91 Å². The third-order valence-corrected chi connectivity index (χ3v) is 5.20. The van der Waals surface area contributed by atoms with Crippen LogP contribution < -0.4 is 10.6 Å². The summed E-state index contributed by atoms with van der Waals surface area (Å²) < 4.78 is 5.35. The Labute approximate surface area is 145 Å². The first-order valence-electron chi connectivity index (χ1n) is 9.21. The van der Waals surface area contributed by atoms with Gasteiger partial charge in [0.1, 0.15) is 5.60 Å². The highest BCUT2D eigenvalue weighted by molar-refractivity contribution is 5.79. The van der Waals surface area contributed by atoms with E-state index >= 15 is 0 Å². The van der Waals surface area contributed by atoms with Gasteiger partial charge in [-0.3, -0.25) is 4.79 Å². The Balaban J connectivity index is 1.92. The molecule has 138 valence electrons. The molecule has 1 saturated heterocycles. The molecule has 6 heteroatoms. The largest absolute Gasteiger partial charge is 0.444 e. The fourth-order valence-corrected chi connectivity index (χ4v) is 3.47. The molecule has 1 aliphatic carbocycles. The topological polar surface area (TPSA) is 70.7 Å². The molecule has 2 N–H and O–H groups in total. The molecule has 2 aliphatic rings. The van der Waals surface area contributed by atoms with E-state index in [1.54, 1.807) is 0 Å². The van der Waals surface area contributed by atoms with Crippen LogP contribution in [0.1, 0.15) is 59.8 Å². The van der Waals surface area contributed by atoms with E-state index in [9.17, 15) is 9.59 Å². The van der Waals surface area contributed by atoms with Crippen LogP contribution in [0.2, 0.25) is 0 Å². The number of rotatable bonds is 5. The van der Waals surface area contributed by atoms with E-state index in [0.29, 0.717) is 19.0 Å². The van der Waals surface area contributed by atoms with Gasteiger partial charge >= 0.3 is 6.09 Å². The van der Waals surface area contributed by atoms with Crippen LogP contribution >= 0.6 is 0 Å². The fourth-order valence-electron chi connectivity index (χ4n) is 3.47. The number of nitrogens with zero attached hydrogens (tertiary/aromatic N) is 1. The average molecular weight is 339 g/mol. The maximum Gasteiger partial charge on any atom is 0.407 e. The van der Waals surface area contributed by atoms with Crippen LogP contribution in [-0.2, 0) is 9.53 Å². The third-order valence-electron chi connectivity index (χ3n) is 5.20. The van der Waals surface area contributed by atoms with Crippen LogP contribution in [-0.4, -0.2) is 54.2 Å². The SMILES string of the molecule is C[C@H]1CCCC[C@@]1(CNC(=O)OC(C)(C)C)NCC(=O)N1CCC1. The monoisotopic (exact) mass is 339 g/mol. The van der Waals surface area contributed by atoms with Crippen molar-refractivity contribution in [1.29, 1.82) is 0 Å². The van der Waals surface area contributed by atoms with Gasteiger partial charge in [-0.25, -0.2) is 4.79 Å². The maximum absolute atomic E-state index is 12.2. The normalized spacial score (nSPS) is 27.3. The summed E-state index contributed by atoms with van der Waals surface area (Å²) in [6.07, 6.45) is 5.11. The number of nitrogens with one attached hydrogen (secondary N) is 2. The van der Waals surface area contributed by atoms with E-state index in [-0.39, 0.29) is 11.4 Å². The lowest BCUT2D eigenvalue weighted by atomic mass is 9.73. The quantitative estimate of drug-likeness (QED) is 0.806. The predicted molar refractivity (Wildman–Crippen MR) is 93.8 cm³/mol. The number of carbonyl (C=O) groups is 2. The summed E-state index contributed by atoms with van der Waals surface area (Å²) in [5.74, 6) is 0.570.